The molecular formula is C25H34ClN3O4S. The number of amides is 2. The SMILES string of the molecule is CCCCNC(=O)[C@H](CC)N(Cc1ccc(Cl)cc1)C(=O)CN(c1ccc(C)cc1)S(C)(=O)=O. The standard InChI is InChI=1S/C25H34ClN3O4S/c1-5-7-16-27-25(31)23(6-2)28(17-20-10-12-21(26)13-11-20)24(30)18-29(34(4,32)33)22-14-8-19(3)9-15-22/h8-15,23H,5-7,16-18H2,1-4H3,(H,27,31)/t23-/m0/s1. The second-order valence-electron chi connectivity index (χ2n) is 8.32. The molecule has 0 saturated heterocycles. The topological polar surface area (TPSA) is 86.8 Å². The zero-order valence-corrected chi connectivity index (χ0v) is 21.8. The number of aryl methyl sites for hydroxylation is 1. The summed E-state index contributed by atoms with van der Waals surface area (Å²) < 4.78 is 26.2. The molecule has 1 atom stereocenters. The zero-order valence-electron chi connectivity index (χ0n) is 20.3. The van der Waals surface area contributed by atoms with Crippen LogP contribution < -0.4 is 9.62 Å². The van der Waals surface area contributed by atoms with Gasteiger partial charge in [-0.15, -0.1) is 0 Å². The van der Waals surface area contributed by atoms with Gasteiger partial charge in [0.2, 0.25) is 21.8 Å². The molecule has 0 aliphatic rings. The first-order valence-electron chi connectivity index (χ1n) is 11.4. The molecule has 1 N–H and O–H groups in total. The minimum Gasteiger partial charge on any atom is -0.354 e. The lowest BCUT2D eigenvalue weighted by molar-refractivity contribution is -0.140. The molecule has 0 aliphatic heterocycles. The number of unbranched alkanes of at least 4 members (excludes halogenated alkanes) is 1. The molecule has 9 heteroatoms. The maximum atomic E-state index is 13.6. The van der Waals surface area contributed by atoms with Gasteiger partial charge in [0.05, 0.1) is 11.9 Å². The summed E-state index contributed by atoms with van der Waals surface area (Å²) >= 11 is 6.00. The minimum absolute atomic E-state index is 0.154. The summed E-state index contributed by atoms with van der Waals surface area (Å²) in [7, 11) is -3.74. The zero-order chi connectivity index (χ0) is 25.3. The van der Waals surface area contributed by atoms with Crippen LogP contribution in [0, 0.1) is 6.92 Å². The van der Waals surface area contributed by atoms with Crippen LogP contribution in [0.1, 0.15) is 44.2 Å². The van der Waals surface area contributed by atoms with E-state index in [1.54, 1.807) is 48.5 Å². The molecule has 34 heavy (non-hydrogen) atoms. The van der Waals surface area contributed by atoms with E-state index in [-0.39, 0.29) is 12.5 Å². The Bertz CT molecular complexity index is 1060. The quantitative estimate of drug-likeness (QED) is 0.437. The van der Waals surface area contributed by atoms with Crippen molar-refractivity contribution in [2.45, 2.75) is 52.6 Å². The van der Waals surface area contributed by atoms with Gasteiger partial charge < -0.3 is 10.2 Å². The van der Waals surface area contributed by atoms with Crippen LogP contribution in [0.25, 0.3) is 0 Å². The lowest BCUT2D eigenvalue weighted by Gasteiger charge is -2.33. The van der Waals surface area contributed by atoms with Crippen LogP contribution in [0.2, 0.25) is 5.02 Å². The number of benzene rings is 2. The Hall–Kier alpha value is -2.58. The van der Waals surface area contributed by atoms with E-state index in [4.69, 9.17) is 11.6 Å². The van der Waals surface area contributed by atoms with Crippen LogP contribution in [-0.4, -0.2) is 50.5 Å². The van der Waals surface area contributed by atoms with Crippen LogP contribution in [0.15, 0.2) is 48.5 Å². The molecule has 0 aliphatic carbocycles. The van der Waals surface area contributed by atoms with Crippen molar-refractivity contribution in [3.05, 3.63) is 64.7 Å². The third kappa shape index (κ3) is 8.02. The molecule has 2 aromatic rings. The van der Waals surface area contributed by atoms with Crippen molar-refractivity contribution in [2.75, 3.05) is 23.7 Å². The van der Waals surface area contributed by atoms with E-state index in [0.29, 0.717) is 23.7 Å². The third-order valence-corrected chi connectivity index (χ3v) is 6.88. The molecule has 186 valence electrons. The molecule has 2 rings (SSSR count). The molecule has 0 heterocycles. The maximum absolute atomic E-state index is 13.6. The number of nitrogens with zero attached hydrogens (tertiary/aromatic N) is 2. The number of rotatable bonds is 12. The number of sulfonamides is 1. The summed E-state index contributed by atoms with van der Waals surface area (Å²) in [4.78, 5) is 28.0. The highest BCUT2D eigenvalue weighted by Crippen LogP contribution is 2.20. The fraction of sp³-hybridized carbons (Fsp3) is 0.440. The number of anilines is 1. The summed E-state index contributed by atoms with van der Waals surface area (Å²) in [5.41, 5.74) is 2.16. The second kappa shape index (κ2) is 12.8. The number of halogens is 1. The average Bonchev–Trinajstić information content (AvgIpc) is 2.78. The fourth-order valence-corrected chi connectivity index (χ4v) is 4.51. The predicted molar refractivity (Wildman–Crippen MR) is 137 cm³/mol. The lowest BCUT2D eigenvalue weighted by Crippen LogP contribution is -2.52. The van der Waals surface area contributed by atoms with Gasteiger partial charge in [0.15, 0.2) is 0 Å². The van der Waals surface area contributed by atoms with E-state index in [2.05, 4.69) is 5.32 Å². The number of hydrogen-bond donors (Lipinski definition) is 1. The molecule has 0 fully saturated rings. The molecule has 0 unspecified atom stereocenters. The first-order chi connectivity index (χ1) is 16.1. The average molecular weight is 508 g/mol. The summed E-state index contributed by atoms with van der Waals surface area (Å²) in [6.07, 6.45) is 3.23. The molecule has 0 aromatic heterocycles. The number of carbonyl (C=O) groups is 2. The van der Waals surface area contributed by atoms with Gasteiger partial charge in [0.25, 0.3) is 0 Å². The highest BCUT2D eigenvalue weighted by molar-refractivity contribution is 7.92. The molecule has 2 amide bonds. The van der Waals surface area contributed by atoms with Crippen molar-refractivity contribution in [3.8, 4) is 0 Å². The Labute approximate surface area is 208 Å². The van der Waals surface area contributed by atoms with Gasteiger partial charge in [-0.3, -0.25) is 13.9 Å². The third-order valence-electron chi connectivity index (χ3n) is 5.48. The van der Waals surface area contributed by atoms with Crippen LogP contribution in [0.3, 0.4) is 0 Å². The molecule has 0 bridgehead atoms. The molecule has 0 radical (unpaired) electrons. The highest BCUT2D eigenvalue weighted by atomic mass is 35.5. The molecule has 0 saturated carbocycles. The molecule has 2 aromatic carbocycles. The van der Waals surface area contributed by atoms with Gasteiger partial charge in [-0.2, -0.15) is 0 Å². The number of nitrogens with one attached hydrogen (secondary N) is 1. The Kier molecular flexibility index (Phi) is 10.4. The van der Waals surface area contributed by atoms with Crippen molar-refractivity contribution in [1.82, 2.24) is 10.2 Å². The second-order valence-corrected chi connectivity index (χ2v) is 10.7. The van der Waals surface area contributed by atoms with E-state index in [1.807, 2.05) is 20.8 Å². The van der Waals surface area contributed by atoms with Crippen molar-refractivity contribution < 1.29 is 18.0 Å². The first kappa shape index (κ1) is 27.7. The summed E-state index contributed by atoms with van der Waals surface area (Å²) in [6.45, 7) is 6.03. The molecular weight excluding hydrogens is 474 g/mol. The predicted octanol–water partition coefficient (Wildman–Crippen LogP) is 4.14. The van der Waals surface area contributed by atoms with Crippen LogP contribution in [-0.2, 0) is 26.2 Å². The van der Waals surface area contributed by atoms with Crippen molar-refractivity contribution in [1.29, 1.82) is 0 Å². The fourth-order valence-electron chi connectivity index (χ4n) is 3.54. The largest absolute Gasteiger partial charge is 0.354 e. The van der Waals surface area contributed by atoms with Gasteiger partial charge >= 0.3 is 0 Å². The van der Waals surface area contributed by atoms with E-state index in [0.717, 1.165) is 34.5 Å². The minimum atomic E-state index is -3.74. The normalized spacial score (nSPS) is 12.1. The van der Waals surface area contributed by atoms with Crippen LogP contribution >= 0.6 is 11.6 Å². The Morgan fingerprint density at radius 1 is 1.03 bits per heavy atom. The van der Waals surface area contributed by atoms with Gasteiger partial charge in [0, 0.05) is 18.1 Å². The van der Waals surface area contributed by atoms with E-state index >= 15 is 0 Å². The van der Waals surface area contributed by atoms with Gasteiger partial charge in [-0.25, -0.2) is 8.42 Å². The van der Waals surface area contributed by atoms with Crippen LogP contribution in [0.5, 0.6) is 0 Å². The summed E-state index contributed by atoms with van der Waals surface area (Å²) in [6, 6.07) is 13.2. The van der Waals surface area contributed by atoms with E-state index in [1.165, 1.54) is 4.90 Å². The van der Waals surface area contributed by atoms with Gasteiger partial charge in [0.1, 0.15) is 12.6 Å². The monoisotopic (exact) mass is 507 g/mol. The van der Waals surface area contributed by atoms with Gasteiger partial charge in [-0.1, -0.05) is 61.7 Å². The maximum Gasteiger partial charge on any atom is 0.244 e. The van der Waals surface area contributed by atoms with Crippen molar-refractivity contribution in [2.24, 2.45) is 0 Å². The Morgan fingerprint density at radius 3 is 2.18 bits per heavy atom. The molecule has 7 nitrogen and oxygen atoms in total. The Morgan fingerprint density at radius 2 is 1.65 bits per heavy atom. The summed E-state index contributed by atoms with van der Waals surface area (Å²) in [5.74, 6) is -0.710. The highest BCUT2D eigenvalue weighted by Gasteiger charge is 2.31. The number of carbonyl (C=O) groups excluding carboxylic acids is 2. The van der Waals surface area contributed by atoms with E-state index < -0.39 is 28.5 Å². The van der Waals surface area contributed by atoms with Gasteiger partial charge in [-0.05, 0) is 49.6 Å². The number of hydrogen-bond acceptors (Lipinski definition) is 4. The summed E-state index contributed by atoms with van der Waals surface area (Å²) in [5, 5.41) is 3.46. The smallest absolute Gasteiger partial charge is 0.244 e. The van der Waals surface area contributed by atoms with Crippen molar-refractivity contribution in [3.63, 3.8) is 0 Å². The Balaban J connectivity index is 2.37. The van der Waals surface area contributed by atoms with Crippen LogP contribution in [0.4, 0.5) is 5.69 Å². The first-order valence-corrected chi connectivity index (χ1v) is 13.7. The molecule has 0 spiro atoms. The lowest BCUT2D eigenvalue weighted by atomic mass is 10.1. The van der Waals surface area contributed by atoms with E-state index in [9.17, 15) is 18.0 Å². The van der Waals surface area contributed by atoms with Crippen molar-refractivity contribution >= 4 is 39.1 Å².